The van der Waals surface area contributed by atoms with Gasteiger partial charge in [-0.3, -0.25) is 0 Å². The van der Waals surface area contributed by atoms with Gasteiger partial charge in [0.25, 0.3) is 0 Å². The van der Waals surface area contributed by atoms with Crippen LogP contribution in [0.25, 0.3) is 11.1 Å². The number of hydrogen-bond donors (Lipinski definition) is 1. The number of nitrogens with one attached hydrogen (secondary N) is 1. The summed E-state index contributed by atoms with van der Waals surface area (Å²) >= 11 is 0. The Morgan fingerprint density at radius 3 is 2.21 bits per heavy atom. The van der Waals surface area contributed by atoms with Crippen molar-refractivity contribution < 1.29 is 19.0 Å². The van der Waals surface area contributed by atoms with Gasteiger partial charge in [-0.1, -0.05) is 72.5 Å². The topological polar surface area (TPSA) is 56.8 Å². The Kier molecular flexibility index (Phi) is 6.39. The van der Waals surface area contributed by atoms with Gasteiger partial charge in [0.2, 0.25) is 0 Å². The van der Waals surface area contributed by atoms with Crippen LogP contribution in [-0.2, 0) is 14.2 Å². The number of ether oxygens (including phenoxy) is 3. The highest BCUT2D eigenvalue weighted by atomic mass is 16.7. The van der Waals surface area contributed by atoms with Crippen LogP contribution < -0.4 is 5.32 Å². The third-order valence-corrected chi connectivity index (χ3v) is 5.90. The first kappa shape index (κ1) is 21.3. The Hall–Kier alpha value is -3.59. The van der Waals surface area contributed by atoms with Crippen molar-refractivity contribution in [3.63, 3.8) is 0 Å². The number of amides is 1. The van der Waals surface area contributed by atoms with Gasteiger partial charge in [-0.2, -0.15) is 0 Å². The minimum Gasteiger partial charge on any atom is -0.449 e. The SMILES string of the molecule is O=C(NCCC#Cc1ccc(C2OCCO2)cc1)OCC1c2ccccc2-c2ccccc21. The molecular weight excluding hydrogens is 414 g/mol. The van der Waals surface area contributed by atoms with Gasteiger partial charge in [-0.25, -0.2) is 4.79 Å². The molecule has 1 aliphatic heterocycles. The summed E-state index contributed by atoms with van der Waals surface area (Å²) in [7, 11) is 0. The van der Waals surface area contributed by atoms with E-state index in [1.165, 1.54) is 22.3 Å². The van der Waals surface area contributed by atoms with E-state index in [1.807, 2.05) is 48.5 Å². The number of carbonyl (C=O) groups excluding carboxylic acids is 1. The highest BCUT2D eigenvalue weighted by Gasteiger charge is 2.28. The minimum atomic E-state index is -0.417. The Bertz CT molecular complexity index is 1140. The Morgan fingerprint density at radius 1 is 0.909 bits per heavy atom. The van der Waals surface area contributed by atoms with Crippen LogP contribution in [0.2, 0.25) is 0 Å². The van der Waals surface area contributed by atoms with Crippen molar-refractivity contribution in [3.8, 4) is 23.0 Å². The van der Waals surface area contributed by atoms with E-state index in [2.05, 4.69) is 41.4 Å². The summed E-state index contributed by atoms with van der Waals surface area (Å²) < 4.78 is 16.5. The molecule has 5 heteroatoms. The molecular formula is C28H25NO4. The van der Waals surface area contributed by atoms with Crippen molar-refractivity contribution in [1.29, 1.82) is 0 Å². The van der Waals surface area contributed by atoms with Crippen molar-refractivity contribution in [2.45, 2.75) is 18.6 Å². The third-order valence-electron chi connectivity index (χ3n) is 5.90. The van der Waals surface area contributed by atoms with Gasteiger partial charge < -0.3 is 19.5 Å². The Morgan fingerprint density at radius 2 is 1.55 bits per heavy atom. The molecule has 166 valence electrons. The van der Waals surface area contributed by atoms with E-state index in [0.717, 1.165) is 11.1 Å². The Balaban J connectivity index is 1.09. The zero-order valence-electron chi connectivity index (χ0n) is 18.3. The summed E-state index contributed by atoms with van der Waals surface area (Å²) in [5.74, 6) is 6.26. The highest BCUT2D eigenvalue weighted by molar-refractivity contribution is 5.79. The first-order valence-electron chi connectivity index (χ1n) is 11.2. The Labute approximate surface area is 193 Å². The summed E-state index contributed by atoms with van der Waals surface area (Å²) in [6.07, 6.45) is -0.145. The summed E-state index contributed by atoms with van der Waals surface area (Å²) in [5, 5.41) is 2.79. The van der Waals surface area contributed by atoms with Gasteiger partial charge in [0, 0.05) is 30.0 Å². The van der Waals surface area contributed by atoms with E-state index < -0.39 is 6.09 Å². The quantitative estimate of drug-likeness (QED) is 0.448. The van der Waals surface area contributed by atoms with Crippen molar-refractivity contribution in [2.75, 3.05) is 26.4 Å². The predicted molar refractivity (Wildman–Crippen MR) is 126 cm³/mol. The van der Waals surface area contributed by atoms with Gasteiger partial charge in [-0.05, 0) is 34.4 Å². The molecule has 5 nitrogen and oxygen atoms in total. The molecule has 0 radical (unpaired) electrons. The average Bonchev–Trinajstić information content (AvgIpc) is 3.50. The molecule has 1 amide bonds. The summed E-state index contributed by atoms with van der Waals surface area (Å²) in [5.41, 5.74) is 6.75. The normalized spacial score (nSPS) is 14.8. The van der Waals surface area contributed by atoms with Crippen LogP contribution in [0.3, 0.4) is 0 Å². The molecule has 0 saturated carbocycles. The maximum absolute atomic E-state index is 12.2. The van der Waals surface area contributed by atoms with Crippen molar-refractivity contribution in [2.24, 2.45) is 0 Å². The predicted octanol–water partition coefficient (Wildman–Crippen LogP) is 5.01. The second kappa shape index (κ2) is 9.91. The van der Waals surface area contributed by atoms with Crippen molar-refractivity contribution in [3.05, 3.63) is 95.1 Å². The van der Waals surface area contributed by atoms with Crippen LogP contribution in [0.5, 0.6) is 0 Å². The second-order valence-corrected chi connectivity index (χ2v) is 8.00. The van der Waals surface area contributed by atoms with Crippen molar-refractivity contribution in [1.82, 2.24) is 5.32 Å². The zero-order chi connectivity index (χ0) is 22.5. The lowest BCUT2D eigenvalue weighted by Crippen LogP contribution is -2.26. The van der Waals surface area contributed by atoms with Gasteiger partial charge >= 0.3 is 6.09 Å². The lowest BCUT2D eigenvalue weighted by atomic mass is 9.98. The van der Waals surface area contributed by atoms with E-state index in [4.69, 9.17) is 14.2 Å². The van der Waals surface area contributed by atoms with E-state index >= 15 is 0 Å². The number of fused-ring (bicyclic) bond motifs is 3. The molecule has 1 heterocycles. The zero-order valence-corrected chi connectivity index (χ0v) is 18.3. The lowest BCUT2D eigenvalue weighted by molar-refractivity contribution is -0.0441. The molecule has 1 fully saturated rings. The minimum absolute atomic E-state index is 0.0611. The number of rotatable bonds is 5. The second-order valence-electron chi connectivity index (χ2n) is 8.00. The van der Waals surface area contributed by atoms with Crippen LogP contribution in [0, 0.1) is 11.8 Å². The maximum atomic E-state index is 12.2. The van der Waals surface area contributed by atoms with Gasteiger partial charge in [0.05, 0.1) is 13.2 Å². The maximum Gasteiger partial charge on any atom is 0.407 e. The summed E-state index contributed by atoms with van der Waals surface area (Å²) in [6, 6.07) is 24.4. The molecule has 1 aliphatic carbocycles. The van der Waals surface area contributed by atoms with E-state index in [9.17, 15) is 4.79 Å². The molecule has 33 heavy (non-hydrogen) atoms. The molecule has 1 saturated heterocycles. The monoisotopic (exact) mass is 439 g/mol. The molecule has 2 aliphatic rings. The average molecular weight is 440 g/mol. The molecule has 3 aromatic carbocycles. The summed E-state index contributed by atoms with van der Waals surface area (Å²) in [4.78, 5) is 12.2. The van der Waals surface area contributed by atoms with Crippen LogP contribution in [0.15, 0.2) is 72.8 Å². The third kappa shape index (κ3) is 4.78. The fraction of sp³-hybridized carbons (Fsp3) is 0.250. The molecule has 5 rings (SSSR count). The van der Waals surface area contributed by atoms with E-state index in [0.29, 0.717) is 32.8 Å². The standard InChI is InChI=1S/C28H25NO4/c30-28(29-16-6-5-7-20-12-14-21(15-13-20)27-31-17-18-32-27)33-19-26-24-10-3-1-8-22(24)23-9-2-4-11-25(23)26/h1-4,8-15,26-27H,6,16-19H2,(H,29,30). The molecule has 0 atom stereocenters. The first-order valence-corrected chi connectivity index (χ1v) is 11.2. The first-order chi connectivity index (χ1) is 16.3. The largest absolute Gasteiger partial charge is 0.449 e. The number of benzene rings is 3. The molecule has 0 spiro atoms. The summed E-state index contributed by atoms with van der Waals surface area (Å²) in [6.45, 7) is 2.00. The fourth-order valence-electron chi connectivity index (χ4n) is 4.32. The van der Waals surface area contributed by atoms with Crippen LogP contribution in [0.1, 0.15) is 40.9 Å². The van der Waals surface area contributed by atoms with Gasteiger partial charge in [0.1, 0.15) is 6.61 Å². The molecule has 1 N–H and O–H groups in total. The van der Waals surface area contributed by atoms with Crippen LogP contribution in [-0.4, -0.2) is 32.5 Å². The fourth-order valence-corrected chi connectivity index (χ4v) is 4.32. The van der Waals surface area contributed by atoms with Gasteiger partial charge in [-0.15, -0.1) is 0 Å². The van der Waals surface area contributed by atoms with Gasteiger partial charge in [0.15, 0.2) is 6.29 Å². The van der Waals surface area contributed by atoms with Crippen LogP contribution in [0.4, 0.5) is 4.79 Å². The molecule has 0 bridgehead atoms. The van der Waals surface area contributed by atoms with Crippen molar-refractivity contribution >= 4 is 6.09 Å². The number of hydrogen-bond acceptors (Lipinski definition) is 4. The smallest absolute Gasteiger partial charge is 0.407 e. The van der Waals surface area contributed by atoms with E-state index in [1.54, 1.807) is 0 Å². The number of alkyl carbamates (subject to hydrolysis) is 1. The molecule has 0 unspecified atom stereocenters. The lowest BCUT2D eigenvalue weighted by Gasteiger charge is -2.14. The molecule has 0 aromatic heterocycles. The molecule has 3 aromatic rings. The highest BCUT2D eigenvalue weighted by Crippen LogP contribution is 2.44. The van der Waals surface area contributed by atoms with E-state index in [-0.39, 0.29) is 12.2 Å². The number of carbonyl (C=O) groups is 1. The van der Waals surface area contributed by atoms with Crippen LogP contribution >= 0.6 is 0 Å².